The van der Waals surface area contributed by atoms with Crippen LogP contribution in [0, 0.1) is 11.8 Å². The Balaban J connectivity index is 1.43. The van der Waals surface area contributed by atoms with Crippen LogP contribution in [0.2, 0.25) is 0 Å². The molecule has 3 atom stereocenters. The van der Waals surface area contributed by atoms with Gasteiger partial charge >= 0.3 is 0 Å². The third-order valence-corrected chi connectivity index (χ3v) is 5.97. The number of aromatic amines is 1. The Morgan fingerprint density at radius 3 is 2.79 bits per heavy atom. The molecule has 2 aliphatic rings. The molecule has 132 valence electrons. The van der Waals surface area contributed by atoms with Gasteiger partial charge in [0, 0.05) is 12.1 Å². The number of hydrogen-bond donors (Lipinski definition) is 2. The summed E-state index contributed by atoms with van der Waals surface area (Å²) in [7, 11) is 0. The van der Waals surface area contributed by atoms with Crippen LogP contribution in [0.25, 0.3) is 0 Å². The molecule has 1 saturated heterocycles. The number of carbonyl (C=O) groups excluding carboxylic acids is 1. The van der Waals surface area contributed by atoms with E-state index in [2.05, 4.69) is 41.2 Å². The lowest BCUT2D eigenvalue weighted by Gasteiger charge is -2.35. The molecule has 5 nitrogen and oxygen atoms in total. The molecule has 1 aromatic rings. The first kappa shape index (κ1) is 17.2. The number of rotatable bonds is 4. The van der Waals surface area contributed by atoms with Crippen LogP contribution in [0.4, 0.5) is 5.82 Å². The smallest absolute Gasteiger partial charge is 0.275 e. The number of hydrogen-bond acceptors (Lipinski definition) is 2. The lowest BCUT2D eigenvalue weighted by molar-refractivity contribution is -0.892. The highest BCUT2D eigenvalue weighted by molar-refractivity contribution is 5.77. The van der Waals surface area contributed by atoms with E-state index >= 15 is 0 Å². The van der Waals surface area contributed by atoms with Gasteiger partial charge in [0.25, 0.3) is 11.7 Å². The molecule has 2 fully saturated rings. The number of piperazine rings is 1. The maximum atomic E-state index is 12.4. The van der Waals surface area contributed by atoms with Gasteiger partial charge in [-0.25, -0.2) is 4.98 Å². The Bertz CT molecular complexity index is 527. The zero-order valence-electron chi connectivity index (χ0n) is 15.1. The molecule has 1 aromatic heterocycles. The van der Waals surface area contributed by atoms with E-state index < -0.39 is 0 Å². The number of amides is 1. The quantitative estimate of drug-likeness (QED) is 0.824. The summed E-state index contributed by atoms with van der Waals surface area (Å²) in [6.07, 6.45) is 5.66. The highest BCUT2D eigenvalue weighted by Crippen LogP contribution is 2.29. The van der Waals surface area contributed by atoms with Crippen molar-refractivity contribution in [3.63, 3.8) is 0 Å². The number of aromatic nitrogens is 1. The molecule has 0 unspecified atom stereocenters. The number of pyridine rings is 1. The van der Waals surface area contributed by atoms with Gasteiger partial charge in [-0.05, 0) is 24.3 Å². The Morgan fingerprint density at radius 2 is 2.08 bits per heavy atom. The van der Waals surface area contributed by atoms with Gasteiger partial charge in [0.05, 0.1) is 6.20 Å². The van der Waals surface area contributed by atoms with Crippen molar-refractivity contribution in [1.82, 2.24) is 5.32 Å². The Labute approximate surface area is 145 Å². The van der Waals surface area contributed by atoms with Crippen LogP contribution in [0.3, 0.4) is 0 Å². The minimum absolute atomic E-state index is 0.232. The van der Waals surface area contributed by atoms with Gasteiger partial charge in [-0.1, -0.05) is 32.8 Å². The molecule has 1 aliphatic carbocycles. The molecule has 0 spiro atoms. The van der Waals surface area contributed by atoms with Crippen LogP contribution in [0.15, 0.2) is 24.4 Å². The monoisotopic (exact) mass is 332 g/mol. The van der Waals surface area contributed by atoms with Gasteiger partial charge in [-0.2, -0.15) is 0 Å². The average molecular weight is 332 g/mol. The number of anilines is 1. The molecule has 3 N–H and O–H groups in total. The summed E-state index contributed by atoms with van der Waals surface area (Å²) in [4.78, 5) is 19.5. The molecule has 0 aromatic carbocycles. The van der Waals surface area contributed by atoms with Crippen molar-refractivity contribution in [2.45, 2.75) is 39.2 Å². The molecule has 3 rings (SSSR count). The van der Waals surface area contributed by atoms with Crippen LogP contribution in [-0.4, -0.2) is 44.7 Å². The van der Waals surface area contributed by atoms with E-state index in [1.165, 1.54) is 23.6 Å². The van der Waals surface area contributed by atoms with E-state index in [-0.39, 0.29) is 5.91 Å². The van der Waals surface area contributed by atoms with E-state index in [1.807, 2.05) is 12.3 Å². The average Bonchev–Trinajstić information content (AvgIpc) is 2.60. The van der Waals surface area contributed by atoms with Crippen LogP contribution in [0.1, 0.15) is 33.1 Å². The second-order valence-electron chi connectivity index (χ2n) is 7.60. The van der Waals surface area contributed by atoms with Gasteiger partial charge in [0.1, 0.15) is 26.2 Å². The third-order valence-electron chi connectivity index (χ3n) is 5.97. The summed E-state index contributed by atoms with van der Waals surface area (Å²) in [5, 5.41) is 3.31. The van der Waals surface area contributed by atoms with Crippen molar-refractivity contribution in [1.29, 1.82) is 0 Å². The van der Waals surface area contributed by atoms with Crippen LogP contribution in [-0.2, 0) is 4.79 Å². The molecule has 1 saturated carbocycles. The van der Waals surface area contributed by atoms with E-state index in [0.29, 0.717) is 18.5 Å². The van der Waals surface area contributed by atoms with Crippen molar-refractivity contribution in [3.8, 4) is 0 Å². The largest absolute Gasteiger partial charge is 0.348 e. The lowest BCUT2D eigenvalue weighted by atomic mass is 9.78. The van der Waals surface area contributed by atoms with Crippen LogP contribution in [0.5, 0.6) is 0 Å². The number of H-pyrrole nitrogens is 1. The summed E-state index contributed by atoms with van der Waals surface area (Å²) in [6, 6.07) is 6.55. The van der Waals surface area contributed by atoms with E-state index in [9.17, 15) is 4.79 Å². The van der Waals surface area contributed by atoms with Gasteiger partial charge in [-0.3, -0.25) is 9.69 Å². The summed E-state index contributed by atoms with van der Waals surface area (Å²) in [5.41, 5.74) is 0. The summed E-state index contributed by atoms with van der Waals surface area (Å²) >= 11 is 0. The second kappa shape index (κ2) is 7.97. The predicted molar refractivity (Wildman–Crippen MR) is 94.9 cm³/mol. The predicted octanol–water partition coefficient (Wildman–Crippen LogP) is 0.147. The summed E-state index contributed by atoms with van der Waals surface area (Å²) in [6.45, 7) is 9.26. The van der Waals surface area contributed by atoms with Crippen molar-refractivity contribution < 1.29 is 14.7 Å². The topological polar surface area (TPSA) is 50.9 Å². The minimum atomic E-state index is 0.232. The van der Waals surface area contributed by atoms with Gasteiger partial charge in [0.15, 0.2) is 6.54 Å². The Morgan fingerprint density at radius 1 is 1.29 bits per heavy atom. The van der Waals surface area contributed by atoms with Crippen LogP contribution < -0.4 is 20.1 Å². The highest BCUT2D eigenvalue weighted by Gasteiger charge is 2.31. The fourth-order valence-corrected chi connectivity index (χ4v) is 4.09. The summed E-state index contributed by atoms with van der Waals surface area (Å²) < 4.78 is 0. The van der Waals surface area contributed by atoms with Crippen molar-refractivity contribution >= 4 is 11.7 Å². The van der Waals surface area contributed by atoms with Crippen molar-refractivity contribution in [2.24, 2.45) is 11.8 Å². The van der Waals surface area contributed by atoms with Crippen molar-refractivity contribution in [2.75, 3.05) is 37.6 Å². The van der Waals surface area contributed by atoms with E-state index in [4.69, 9.17) is 0 Å². The lowest BCUT2D eigenvalue weighted by Crippen LogP contribution is -3.16. The first-order valence-electron chi connectivity index (χ1n) is 9.48. The van der Waals surface area contributed by atoms with Gasteiger partial charge in [0.2, 0.25) is 0 Å². The number of nitrogens with zero attached hydrogens (tertiary/aromatic N) is 1. The fourth-order valence-electron chi connectivity index (χ4n) is 4.09. The van der Waals surface area contributed by atoms with Crippen molar-refractivity contribution in [3.05, 3.63) is 24.4 Å². The molecule has 1 amide bonds. The summed E-state index contributed by atoms with van der Waals surface area (Å²) in [5.74, 6) is 2.73. The second-order valence-corrected chi connectivity index (χ2v) is 7.60. The number of carbonyl (C=O) groups is 1. The molecule has 24 heavy (non-hydrogen) atoms. The molecular formula is C19H32N4O+2. The van der Waals surface area contributed by atoms with Gasteiger partial charge < -0.3 is 10.2 Å². The zero-order valence-corrected chi connectivity index (χ0v) is 15.1. The molecule has 5 heteroatoms. The van der Waals surface area contributed by atoms with Gasteiger partial charge in [-0.15, -0.1) is 0 Å². The molecule has 0 radical (unpaired) electrons. The number of nitrogens with one attached hydrogen (secondary N) is 3. The maximum absolute atomic E-state index is 12.4. The Kier molecular flexibility index (Phi) is 5.72. The van der Waals surface area contributed by atoms with E-state index in [0.717, 1.165) is 38.5 Å². The first-order valence-corrected chi connectivity index (χ1v) is 9.48. The molecule has 0 bridgehead atoms. The van der Waals surface area contributed by atoms with E-state index in [1.54, 1.807) is 0 Å². The Hall–Kier alpha value is -1.62. The first-order chi connectivity index (χ1) is 11.6. The fraction of sp³-hybridized carbons (Fsp3) is 0.684. The highest BCUT2D eigenvalue weighted by atomic mass is 16.2. The third kappa shape index (κ3) is 4.26. The molecule has 1 aliphatic heterocycles. The molecular weight excluding hydrogens is 300 g/mol. The molecule has 2 heterocycles. The SMILES string of the molecule is C[C@H]1[C@@H](NC(=O)C[NH+]2CCN(c3cccc[nH+]3)CC2)CCC[C@@H]1C. The maximum Gasteiger partial charge on any atom is 0.275 e. The van der Waals surface area contributed by atoms with Crippen LogP contribution >= 0.6 is 0 Å². The zero-order chi connectivity index (χ0) is 16.9. The number of quaternary nitrogens is 1. The normalized spacial score (nSPS) is 28.6. The minimum Gasteiger partial charge on any atom is -0.348 e. The standard InChI is InChI=1S/C19H30N4O/c1-15-6-5-7-17(16(15)2)21-19(24)14-22-10-12-23(13-11-22)18-8-3-4-9-20-18/h3-4,8-9,15-17H,5-7,10-14H2,1-2H3,(H,21,24)/p+2/t15-,16+,17-/m0/s1.